The maximum absolute atomic E-state index is 13.1. The molecule has 0 saturated carbocycles. The van der Waals surface area contributed by atoms with Crippen LogP contribution in [-0.4, -0.2) is 27.7 Å². The summed E-state index contributed by atoms with van der Waals surface area (Å²) in [6.45, 7) is 1.86. The minimum atomic E-state index is -3.74. The Morgan fingerprint density at radius 2 is 1.96 bits per heavy atom. The molecule has 2 aromatic carbocycles. The van der Waals surface area contributed by atoms with E-state index in [0.717, 1.165) is 6.07 Å². The average Bonchev–Trinajstić information content (AvgIpc) is 2.52. The maximum Gasteiger partial charge on any atom is 0.240 e. The summed E-state index contributed by atoms with van der Waals surface area (Å²) in [5.41, 5.74) is 0.351. The molecule has 23 heavy (non-hydrogen) atoms. The zero-order chi connectivity index (χ0) is 16.4. The third-order valence-electron chi connectivity index (χ3n) is 3.50. The molecular weight excluding hydrogens is 321 g/mol. The first kappa shape index (κ1) is 15.8. The van der Waals surface area contributed by atoms with E-state index in [0.29, 0.717) is 17.1 Å². The molecule has 1 aliphatic rings. The predicted octanol–water partition coefficient (Wildman–Crippen LogP) is 2.25. The summed E-state index contributed by atoms with van der Waals surface area (Å²) >= 11 is 0. The van der Waals surface area contributed by atoms with Crippen molar-refractivity contribution in [3.05, 3.63) is 53.8 Å². The van der Waals surface area contributed by atoms with Crippen LogP contribution in [0.1, 0.15) is 5.56 Å². The minimum Gasteiger partial charge on any atom is -0.486 e. The van der Waals surface area contributed by atoms with E-state index in [2.05, 4.69) is 4.72 Å². The summed E-state index contributed by atoms with van der Waals surface area (Å²) in [5.74, 6) is 0.754. The first-order valence-electron chi connectivity index (χ1n) is 7.10. The highest BCUT2D eigenvalue weighted by molar-refractivity contribution is 7.89. The number of aryl methyl sites for hydroxylation is 1. The number of fused-ring (bicyclic) bond motifs is 1. The normalized spacial score (nSPS) is 17.0. The lowest BCUT2D eigenvalue weighted by atomic mass is 10.2. The van der Waals surface area contributed by atoms with Crippen LogP contribution in [0.5, 0.6) is 11.5 Å². The molecule has 0 amide bonds. The Morgan fingerprint density at radius 1 is 1.22 bits per heavy atom. The molecule has 1 N–H and O–H groups in total. The van der Waals surface area contributed by atoms with Crippen molar-refractivity contribution in [2.45, 2.75) is 17.9 Å². The topological polar surface area (TPSA) is 64.6 Å². The van der Waals surface area contributed by atoms with Crippen molar-refractivity contribution in [2.75, 3.05) is 13.2 Å². The zero-order valence-electron chi connectivity index (χ0n) is 12.5. The molecule has 0 unspecified atom stereocenters. The molecule has 7 heteroatoms. The van der Waals surface area contributed by atoms with Crippen molar-refractivity contribution in [3.8, 4) is 11.5 Å². The molecule has 1 atom stereocenters. The molecule has 2 aromatic rings. The van der Waals surface area contributed by atoms with Crippen LogP contribution in [0.3, 0.4) is 0 Å². The number of benzene rings is 2. The van der Waals surface area contributed by atoms with Gasteiger partial charge in [0.25, 0.3) is 0 Å². The van der Waals surface area contributed by atoms with Crippen LogP contribution >= 0.6 is 0 Å². The molecule has 0 bridgehead atoms. The van der Waals surface area contributed by atoms with Crippen molar-refractivity contribution < 1.29 is 22.3 Å². The van der Waals surface area contributed by atoms with Gasteiger partial charge in [-0.2, -0.15) is 0 Å². The molecule has 0 saturated heterocycles. The van der Waals surface area contributed by atoms with Gasteiger partial charge in [0.1, 0.15) is 18.5 Å². The van der Waals surface area contributed by atoms with Crippen molar-refractivity contribution in [3.63, 3.8) is 0 Å². The second kappa shape index (κ2) is 6.17. The van der Waals surface area contributed by atoms with Gasteiger partial charge in [-0.25, -0.2) is 17.5 Å². The lowest BCUT2D eigenvalue weighted by Crippen LogP contribution is -2.40. The number of sulfonamides is 1. The standard InChI is InChI=1S/C16H16FNO4S/c1-11-8-12(17)6-7-16(11)23(19,20)18-9-13-10-21-14-4-2-3-5-15(14)22-13/h2-8,13,18H,9-10H2,1H3/t13-/m0/s1. The summed E-state index contributed by atoms with van der Waals surface area (Å²) in [6.07, 6.45) is -0.430. The Kier molecular flexibility index (Phi) is 4.23. The van der Waals surface area contributed by atoms with E-state index in [1.54, 1.807) is 19.1 Å². The summed E-state index contributed by atoms with van der Waals surface area (Å²) < 4.78 is 51.5. The number of nitrogens with one attached hydrogen (secondary N) is 1. The van der Waals surface area contributed by atoms with Gasteiger partial charge >= 0.3 is 0 Å². The van der Waals surface area contributed by atoms with E-state index < -0.39 is 21.9 Å². The number of para-hydroxylation sites is 2. The number of ether oxygens (including phenoxy) is 2. The Morgan fingerprint density at radius 3 is 2.70 bits per heavy atom. The minimum absolute atomic E-state index is 0.0519. The number of rotatable bonds is 4. The molecule has 0 aromatic heterocycles. The fourth-order valence-electron chi connectivity index (χ4n) is 2.36. The third kappa shape index (κ3) is 3.46. The SMILES string of the molecule is Cc1cc(F)ccc1S(=O)(=O)NC[C@H]1COc2ccccc2O1. The highest BCUT2D eigenvalue weighted by Crippen LogP contribution is 2.30. The summed E-state index contributed by atoms with van der Waals surface area (Å²) in [7, 11) is -3.74. The van der Waals surface area contributed by atoms with E-state index in [-0.39, 0.29) is 18.0 Å². The molecule has 1 aliphatic heterocycles. The molecule has 3 rings (SSSR count). The molecular formula is C16H16FNO4S. The van der Waals surface area contributed by atoms with Crippen LogP contribution in [0.2, 0.25) is 0 Å². The summed E-state index contributed by atoms with van der Waals surface area (Å²) in [4.78, 5) is 0.0519. The first-order chi connectivity index (χ1) is 11.0. The lowest BCUT2D eigenvalue weighted by molar-refractivity contribution is 0.0943. The molecule has 0 fully saturated rings. The average molecular weight is 337 g/mol. The predicted molar refractivity (Wildman–Crippen MR) is 82.7 cm³/mol. The monoisotopic (exact) mass is 337 g/mol. The van der Waals surface area contributed by atoms with Gasteiger partial charge in [-0.1, -0.05) is 12.1 Å². The van der Waals surface area contributed by atoms with E-state index >= 15 is 0 Å². The van der Waals surface area contributed by atoms with Gasteiger partial charge in [-0.15, -0.1) is 0 Å². The van der Waals surface area contributed by atoms with Crippen molar-refractivity contribution in [2.24, 2.45) is 0 Å². The molecule has 122 valence electrons. The van der Waals surface area contributed by atoms with Crippen LogP contribution in [0, 0.1) is 12.7 Å². The smallest absolute Gasteiger partial charge is 0.240 e. The largest absolute Gasteiger partial charge is 0.486 e. The van der Waals surface area contributed by atoms with Crippen LogP contribution in [0.15, 0.2) is 47.4 Å². The zero-order valence-corrected chi connectivity index (χ0v) is 13.3. The van der Waals surface area contributed by atoms with Gasteiger partial charge in [0.05, 0.1) is 11.4 Å². The van der Waals surface area contributed by atoms with Crippen LogP contribution in [0.25, 0.3) is 0 Å². The Hall–Kier alpha value is -2.12. The lowest BCUT2D eigenvalue weighted by Gasteiger charge is -2.26. The van der Waals surface area contributed by atoms with Gasteiger partial charge in [-0.05, 0) is 42.8 Å². The Balaban J connectivity index is 1.68. The molecule has 0 aliphatic carbocycles. The van der Waals surface area contributed by atoms with Crippen LogP contribution in [0.4, 0.5) is 4.39 Å². The first-order valence-corrected chi connectivity index (χ1v) is 8.58. The van der Waals surface area contributed by atoms with Crippen LogP contribution in [-0.2, 0) is 10.0 Å². The molecule has 0 radical (unpaired) electrons. The summed E-state index contributed by atoms with van der Waals surface area (Å²) in [5, 5.41) is 0. The fraction of sp³-hybridized carbons (Fsp3) is 0.250. The van der Waals surface area contributed by atoms with Gasteiger partial charge in [-0.3, -0.25) is 0 Å². The highest BCUT2D eigenvalue weighted by Gasteiger charge is 2.24. The van der Waals surface area contributed by atoms with Gasteiger partial charge in [0.2, 0.25) is 10.0 Å². The second-order valence-electron chi connectivity index (χ2n) is 5.26. The van der Waals surface area contributed by atoms with Crippen molar-refractivity contribution >= 4 is 10.0 Å². The van der Waals surface area contributed by atoms with Crippen molar-refractivity contribution in [1.82, 2.24) is 4.72 Å². The van der Waals surface area contributed by atoms with Crippen LogP contribution < -0.4 is 14.2 Å². The maximum atomic E-state index is 13.1. The number of hydrogen-bond donors (Lipinski definition) is 1. The quantitative estimate of drug-likeness (QED) is 0.929. The Bertz CT molecular complexity index is 823. The fourth-order valence-corrected chi connectivity index (χ4v) is 3.65. The van der Waals surface area contributed by atoms with Crippen molar-refractivity contribution in [1.29, 1.82) is 0 Å². The second-order valence-corrected chi connectivity index (χ2v) is 6.99. The van der Waals surface area contributed by atoms with Gasteiger partial charge in [0.15, 0.2) is 11.5 Å². The van der Waals surface area contributed by atoms with E-state index in [1.807, 2.05) is 12.1 Å². The Labute approximate surface area is 134 Å². The van der Waals surface area contributed by atoms with E-state index in [1.165, 1.54) is 12.1 Å². The molecule has 5 nitrogen and oxygen atoms in total. The van der Waals surface area contributed by atoms with Gasteiger partial charge < -0.3 is 9.47 Å². The van der Waals surface area contributed by atoms with E-state index in [9.17, 15) is 12.8 Å². The highest BCUT2D eigenvalue weighted by atomic mass is 32.2. The van der Waals surface area contributed by atoms with E-state index in [4.69, 9.17) is 9.47 Å². The number of halogens is 1. The summed E-state index contributed by atoms with van der Waals surface area (Å²) in [6, 6.07) is 10.8. The molecule has 0 spiro atoms. The van der Waals surface area contributed by atoms with Gasteiger partial charge in [0, 0.05) is 0 Å². The molecule has 1 heterocycles. The number of hydrogen-bond acceptors (Lipinski definition) is 4. The third-order valence-corrected chi connectivity index (χ3v) is 5.08.